The van der Waals surface area contributed by atoms with Gasteiger partial charge in [0.2, 0.25) is 0 Å². The van der Waals surface area contributed by atoms with E-state index in [0.717, 1.165) is 15.9 Å². The first-order chi connectivity index (χ1) is 8.69. The van der Waals surface area contributed by atoms with Crippen LogP contribution >= 0.6 is 27.5 Å². The number of aromatic nitrogens is 1. The first-order valence-corrected chi connectivity index (χ1v) is 6.59. The molecule has 0 fully saturated rings. The zero-order valence-corrected chi connectivity index (χ0v) is 11.9. The number of nitrogens with zero attached hydrogens (tertiary/aromatic N) is 1. The quantitative estimate of drug-likeness (QED) is 0.934. The van der Waals surface area contributed by atoms with E-state index in [4.69, 9.17) is 22.1 Å². The molecule has 5 heteroatoms. The fourth-order valence-corrected chi connectivity index (χ4v) is 2.20. The van der Waals surface area contributed by atoms with Crippen LogP contribution in [0.25, 0.3) is 0 Å². The summed E-state index contributed by atoms with van der Waals surface area (Å²) in [7, 11) is 0. The molecule has 0 spiro atoms. The Labute approximate surface area is 119 Å². The molecule has 3 nitrogen and oxygen atoms in total. The summed E-state index contributed by atoms with van der Waals surface area (Å²) in [5, 5.41) is 0.569. The Kier molecular flexibility index (Phi) is 4.58. The Balaban J connectivity index is 2.06. The second-order valence-electron chi connectivity index (χ2n) is 3.69. The lowest BCUT2D eigenvalue weighted by Crippen LogP contribution is -2.04. The normalized spacial score (nSPS) is 10.4. The zero-order valence-electron chi connectivity index (χ0n) is 9.57. The molecule has 0 saturated heterocycles. The van der Waals surface area contributed by atoms with Crippen molar-refractivity contribution < 1.29 is 4.74 Å². The number of hydrogen-bond donors (Lipinski definition) is 1. The molecule has 1 aromatic heterocycles. The van der Waals surface area contributed by atoms with Gasteiger partial charge in [-0.2, -0.15) is 0 Å². The summed E-state index contributed by atoms with van der Waals surface area (Å²) in [5.41, 5.74) is 7.21. The molecule has 0 saturated carbocycles. The Morgan fingerprint density at radius 3 is 2.72 bits per heavy atom. The lowest BCUT2D eigenvalue weighted by Gasteiger charge is -2.08. The van der Waals surface area contributed by atoms with Crippen molar-refractivity contribution >= 4 is 27.5 Å². The molecule has 1 aromatic carbocycles. The highest BCUT2D eigenvalue weighted by Gasteiger charge is 2.03. The van der Waals surface area contributed by atoms with E-state index in [9.17, 15) is 0 Å². The minimum atomic E-state index is 0.370. The lowest BCUT2D eigenvalue weighted by molar-refractivity contribution is 0.301. The number of hydrogen-bond acceptors (Lipinski definition) is 3. The van der Waals surface area contributed by atoms with Crippen molar-refractivity contribution in [3.8, 4) is 5.75 Å². The van der Waals surface area contributed by atoms with Crippen molar-refractivity contribution in [2.45, 2.75) is 13.2 Å². The first kappa shape index (κ1) is 13.3. The monoisotopic (exact) mass is 326 g/mol. The van der Waals surface area contributed by atoms with E-state index in [2.05, 4.69) is 20.9 Å². The van der Waals surface area contributed by atoms with Crippen LogP contribution < -0.4 is 10.5 Å². The minimum Gasteiger partial charge on any atom is -0.486 e. The Morgan fingerprint density at radius 2 is 2.00 bits per heavy atom. The molecule has 0 atom stereocenters. The topological polar surface area (TPSA) is 48.1 Å². The van der Waals surface area contributed by atoms with Gasteiger partial charge in [0.25, 0.3) is 0 Å². The number of nitrogens with two attached hydrogens (primary N) is 1. The molecule has 94 valence electrons. The molecule has 2 rings (SSSR count). The molecule has 1 heterocycles. The number of ether oxygens (including phenoxy) is 1. The predicted octanol–water partition coefficient (Wildman–Crippen LogP) is 3.54. The summed E-state index contributed by atoms with van der Waals surface area (Å²) in [6.07, 6.45) is 0. The van der Waals surface area contributed by atoms with Crippen LogP contribution in [0.4, 0.5) is 0 Å². The summed E-state index contributed by atoms with van der Waals surface area (Å²) in [6, 6.07) is 11.2. The van der Waals surface area contributed by atoms with Crippen molar-refractivity contribution in [2.24, 2.45) is 5.73 Å². The van der Waals surface area contributed by atoms with Gasteiger partial charge in [-0.05, 0) is 30.3 Å². The predicted molar refractivity (Wildman–Crippen MR) is 75.6 cm³/mol. The van der Waals surface area contributed by atoms with Crippen LogP contribution in [0.5, 0.6) is 5.75 Å². The zero-order chi connectivity index (χ0) is 13.0. The smallest absolute Gasteiger partial charge is 0.138 e. The fourth-order valence-electron chi connectivity index (χ4n) is 1.47. The number of benzene rings is 1. The van der Waals surface area contributed by atoms with Gasteiger partial charge < -0.3 is 10.5 Å². The maximum atomic E-state index is 6.06. The van der Waals surface area contributed by atoms with E-state index >= 15 is 0 Å². The molecule has 0 unspecified atom stereocenters. The molecule has 0 aliphatic rings. The van der Waals surface area contributed by atoms with Crippen molar-refractivity contribution in [1.82, 2.24) is 4.98 Å². The van der Waals surface area contributed by atoms with Crippen LogP contribution in [-0.4, -0.2) is 4.98 Å². The highest BCUT2D eigenvalue weighted by atomic mass is 79.9. The molecule has 0 aliphatic carbocycles. The van der Waals surface area contributed by atoms with Gasteiger partial charge in [0.15, 0.2) is 0 Å². The molecular formula is C13H12BrClN2O. The summed E-state index contributed by atoms with van der Waals surface area (Å²) in [6.45, 7) is 0.794. The standard InChI is InChI=1S/C13H12BrClN2O/c14-9-4-5-13(12(15)6-9)18-8-11-3-1-2-10(7-16)17-11/h1-6H,7-8,16H2. The molecule has 0 amide bonds. The Bertz CT molecular complexity index is 548. The van der Waals surface area contributed by atoms with E-state index in [1.807, 2.05) is 30.3 Å². The van der Waals surface area contributed by atoms with Crippen LogP contribution in [0.1, 0.15) is 11.4 Å². The van der Waals surface area contributed by atoms with Crippen molar-refractivity contribution in [3.63, 3.8) is 0 Å². The van der Waals surface area contributed by atoms with Crippen molar-refractivity contribution in [1.29, 1.82) is 0 Å². The third-order valence-electron chi connectivity index (χ3n) is 2.34. The second kappa shape index (κ2) is 6.18. The van der Waals surface area contributed by atoms with Crippen LogP contribution in [0, 0.1) is 0 Å². The first-order valence-electron chi connectivity index (χ1n) is 5.42. The third kappa shape index (κ3) is 3.45. The van der Waals surface area contributed by atoms with Gasteiger partial charge in [-0.15, -0.1) is 0 Å². The van der Waals surface area contributed by atoms with Gasteiger partial charge in [-0.3, -0.25) is 4.98 Å². The number of pyridine rings is 1. The summed E-state index contributed by atoms with van der Waals surface area (Å²) >= 11 is 9.40. The maximum absolute atomic E-state index is 6.06. The molecule has 0 radical (unpaired) electrons. The van der Waals surface area contributed by atoms with Gasteiger partial charge in [0, 0.05) is 11.0 Å². The van der Waals surface area contributed by atoms with E-state index < -0.39 is 0 Å². The largest absolute Gasteiger partial charge is 0.486 e. The van der Waals surface area contributed by atoms with Gasteiger partial charge in [-0.25, -0.2) is 0 Å². The number of rotatable bonds is 4. The summed E-state index contributed by atoms with van der Waals surface area (Å²) in [5.74, 6) is 0.639. The SMILES string of the molecule is NCc1cccc(COc2ccc(Br)cc2Cl)n1. The average molecular weight is 328 g/mol. The molecule has 18 heavy (non-hydrogen) atoms. The third-order valence-corrected chi connectivity index (χ3v) is 3.13. The van der Waals surface area contributed by atoms with E-state index in [1.165, 1.54) is 0 Å². The van der Waals surface area contributed by atoms with Gasteiger partial charge in [0.05, 0.1) is 16.4 Å². The van der Waals surface area contributed by atoms with E-state index in [0.29, 0.717) is 23.9 Å². The Morgan fingerprint density at radius 1 is 1.22 bits per heavy atom. The average Bonchev–Trinajstić information content (AvgIpc) is 2.38. The molecular weight excluding hydrogens is 316 g/mol. The molecule has 2 aromatic rings. The lowest BCUT2D eigenvalue weighted by atomic mass is 10.3. The van der Waals surface area contributed by atoms with E-state index in [1.54, 1.807) is 6.07 Å². The Hall–Kier alpha value is -1.10. The molecule has 2 N–H and O–H groups in total. The van der Waals surface area contributed by atoms with Crippen molar-refractivity contribution in [2.75, 3.05) is 0 Å². The molecule has 0 bridgehead atoms. The van der Waals surface area contributed by atoms with E-state index in [-0.39, 0.29) is 0 Å². The highest BCUT2D eigenvalue weighted by Crippen LogP contribution is 2.28. The highest BCUT2D eigenvalue weighted by molar-refractivity contribution is 9.10. The van der Waals surface area contributed by atoms with Crippen LogP contribution in [0.2, 0.25) is 5.02 Å². The summed E-state index contributed by atoms with van der Waals surface area (Å²) < 4.78 is 6.54. The van der Waals surface area contributed by atoms with Crippen LogP contribution in [-0.2, 0) is 13.2 Å². The van der Waals surface area contributed by atoms with Gasteiger partial charge >= 0.3 is 0 Å². The number of halogens is 2. The van der Waals surface area contributed by atoms with Gasteiger partial charge in [0.1, 0.15) is 12.4 Å². The van der Waals surface area contributed by atoms with Crippen molar-refractivity contribution in [3.05, 3.63) is 57.3 Å². The van der Waals surface area contributed by atoms with Crippen LogP contribution in [0.3, 0.4) is 0 Å². The summed E-state index contributed by atoms with van der Waals surface area (Å²) in [4.78, 5) is 4.35. The van der Waals surface area contributed by atoms with Gasteiger partial charge in [-0.1, -0.05) is 33.6 Å². The maximum Gasteiger partial charge on any atom is 0.138 e. The van der Waals surface area contributed by atoms with Crippen LogP contribution in [0.15, 0.2) is 40.9 Å². The fraction of sp³-hybridized carbons (Fsp3) is 0.154. The minimum absolute atomic E-state index is 0.370. The molecule has 0 aliphatic heterocycles. The second-order valence-corrected chi connectivity index (χ2v) is 5.01.